The van der Waals surface area contributed by atoms with Gasteiger partial charge in [0, 0.05) is 75.9 Å². The van der Waals surface area contributed by atoms with Gasteiger partial charge in [0.1, 0.15) is 16.6 Å². The zero-order valence-electron chi connectivity index (χ0n) is 49.8. The van der Waals surface area contributed by atoms with Gasteiger partial charge in [-0.1, -0.05) is 186 Å². The van der Waals surface area contributed by atoms with Crippen LogP contribution in [0, 0.1) is 27.7 Å². The maximum atomic E-state index is 5.46. The number of nitrogens with zero attached hydrogens (tertiary/aromatic N) is 6. The second kappa shape index (κ2) is 23.7. The highest BCUT2D eigenvalue weighted by atomic mass is 32.1. The first-order valence-electron chi connectivity index (χ1n) is 28.9. The zero-order chi connectivity index (χ0) is 59.0. The molecule has 13 aromatic rings. The fourth-order valence-corrected chi connectivity index (χ4v) is 13.3. The van der Waals surface area contributed by atoms with E-state index in [1.54, 1.807) is 11.3 Å². The predicted molar refractivity (Wildman–Crippen MR) is 366 cm³/mol. The highest BCUT2D eigenvalue weighted by molar-refractivity contribution is 7.19. The van der Waals surface area contributed by atoms with Gasteiger partial charge in [-0.2, -0.15) is 8.75 Å². The Bertz CT molecular complexity index is 4420. The maximum Gasteiger partial charge on any atom is 0.116 e. The smallest absolute Gasteiger partial charge is 0.116 e. The first-order valence-corrected chi connectivity index (χ1v) is 31.3. The SMILES string of the molecule is Cc1ccc(N(c2ccc(-c3ccc(-c4c5nsnc5c(C)c5nc(-c6ccccc6)c(-c6ccccc6)nc45)s3)cc2)c2ccc(C(C)(C)C)cc2)cc1.Cc1ccc(N(c2ccc(-c3ccc(C)s3)cc2)c2ccc(C(C)(C)C)cc2)cc1. The zero-order valence-corrected chi connectivity index (χ0v) is 52.3. The van der Waals surface area contributed by atoms with Crippen molar-refractivity contribution in [1.29, 1.82) is 0 Å². The molecule has 420 valence electrons. The third-order valence-corrected chi connectivity index (χ3v) is 18.4. The van der Waals surface area contributed by atoms with Crippen LogP contribution >= 0.6 is 34.4 Å². The molecule has 4 aromatic heterocycles. The van der Waals surface area contributed by atoms with Crippen LogP contribution in [0.2, 0.25) is 0 Å². The van der Waals surface area contributed by atoms with Crippen LogP contribution in [0.25, 0.3) is 75.9 Å². The Kier molecular flexibility index (Phi) is 15.8. The van der Waals surface area contributed by atoms with Gasteiger partial charge >= 0.3 is 0 Å². The Balaban J connectivity index is 0.000000199. The van der Waals surface area contributed by atoms with Crippen molar-refractivity contribution in [1.82, 2.24) is 18.7 Å². The Morgan fingerprint density at radius 1 is 0.318 bits per heavy atom. The van der Waals surface area contributed by atoms with Crippen LogP contribution < -0.4 is 9.80 Å². The predicted octanol–water partition coefficient (Wildman–Crippen LogP) is 22.5. The molecular weight excluding hydrogens is 1090 g/mol. The second-order valence-electron chi connectivity index (χ2n) is 23.9. The average Bonchev–Trinajstić information content (AvgIpc) is 1.96. The summed E-state index contributed by atoms with van der Waals surface area (Å²) < 4.78 is 9.61. The largest absolute Gasteiger partial charge is 0.311 e. The Morgan fingerprint density at radius 3 is 1.09 bits per heavy atom. The highest BCUT2D eigenvalue weighted by Gasteiger charge is 2.25. The summed E-state index contributed by atoms with van der Waals surface area (Å²) in [5.74, 6) is 0. The summed E-state index contributed by atoms with van der Waals surface area (Å²) in [6, 6.07) is 82.7. The van der Waals surface area contributed by atoms with Crippen molar-refractivity contribution >= 4 is 90.6 Å². The topological polar surface area (TPSA) is 58.0 Å². The number of fused-ring (bicyclic) bond motifs is 2. The third kappa shape index (κ3) is 12.0. The van der Waals surface area contributed by atoms with E-state index in [-0.39, 0.29) is 10.8 Å². The average molecular weight is 1160 g/mol. The third-order valence-electron chi connectivity index (χ3n) is 15.6. The molecular formula is C76H68N6S3. The fourth-order valence-electron chi connectivity index (χ4n) is 10.8. The van der Waals surface area contributed by atoms with Crippen LogP contribution in [-0.2, 0) is 10.8 Å². The van der Waals surface area contributed by atoms with E-state index in [1.807, 2.05) is 35.6 Å². The number of hydrogen-bond donors (Lipinski definition) is 0. The first-order chi connectivity index (χ1) is 41.0. The summed E-state index contributed by atoms with van der Waals surface area (Å²) in [6.07, 6.45) is 0. The summed E-state index contributed by atoms with van der Waals surface area (Å²) >= 11 is 4.83. The minimum atomic E-state index is 0.0862. The molecule has 0 fully saturated rings. The van der Waals surface area contributed by atoms with Crippen molar-refractivity contribution in [2.24, 2.45) is 0 Å². The molecule has 0 saturated heterocycles. The summed E-state index contributed by atoms with van der Waals surface area (Å²) in [5.41, 5.74) is 23.8. The molecule has 0 spiro atoms. The van der Waals surface area contributed by atoms with Crippen molar-refractivity contribution < 1.29 is 0 Å². The molecule has 85 heavy (non-hydrogen) atoms. The molecule has 0 aliphatic carbocycles. The quantitative estimate of drug-likeness (QED) is 0.129. The van der Waals surface area contributed by atoms with E-state index in [9.17, 15) is 0 Å². The van der Waals surface area contributed by atoms with Crippen LogP contribution in [0.15, 0.2) is 231 Å². The number of aromatic nitrogens is 4. The Morgan fingerprint density at radius 2 is 0.682 bits per heavy atom. The van der Waals surface area contributed by atoms with Gasteiger partial charge in [0.2, 0.25) is 0 Å². The molecule has 0 unspecified atom stereocenters. The molecule has 0 radical (unpaired) electrons. The summed E-state index contributed by atoms with van der Waals surface area (Å²) in [4.78, 5) is 20.4. The van der Waals surface area contributed by atoms with E-state index >= 15 is 0 Å². The molecule has 0 atom stereocenters. The maximum absolute atomic E-state index is 5.46. The molecule has 9 heteroatoms. The van der Waals surface area contributed by atoms with E-state index in [2.05, 4.69) is 285 Å². The highest BCUT2D eigenvalue weighted by Crippen LogP contribution is 2.45. The number of benzene rings is 9. The van der Waals surface area contributed by atoms with Gasteiger partial charge in [0.15, 0.2) is 0 Å². The molecule has 0 aliphatic heterocycles. The molecule has 0 amide bonds. The number of anilines is 6. The summed E-state index contributed by atoms with van der Waals surface area (Å²) in [5, 5.41) is 0. The fraction of sp³-hybridized carbons (Fsp3) is 0.158. The van der Waals surface area contributed by atoms with Crippen molar-refractivity contribution in [3.8, 4) is 53.8 Å². The van der Waals surface area contributed by atoms with E-state index in [1.165, 1.54) is 71.2 Å². The molecule has 0 aliphatic rings. The van der Waals surface area contributed by atoms with Gasteiger partial charge in [-0.25, -0.2) is 9.97 Å². The Labute approximate surface area is 512 Å². The van der Waals surface area contributed by atoms with Crippen LogP contribution in [0.4, 0.5) is 34.1 Å². The lowest BCUT2D eigenvalue weighted by Gasteiger charge is -2.27. The molecule has 0 N–H and O–H groups in total. The normalized spacial score (nSPS) is 11.6. The van der Waals surface area contributed by atoms with Crippen LogP contribution in [0.3, 0.4) is 0 Å². The van der Waals surface area contributed by atoms with Gasteiger partial charge in [-0.05, 0) is 158 Å². The Hall–Kier alpha value is -8.86. The molecule has 13 rings (SSSR count). The lowest BCUT2D eigenvalue weighted by molar-refractivity contribution is 0.590. The van der Waals surface area contributed by atoms with Gasteiger partial charge in [-0.15, -0.1) is 22.7 Å². The minimum Gasteiger partial charge on any atom is -0.311 e. The van der Waals surface area contributed by atoms with Gasteiger partial charge in [0.05, 0.1) is 28.6 Å². The molecule has 6 nitrogen and oxygen atoms in total. The van der Waals surface area contributed by atoms with Crippen molar-refractivity contribution in [3.05, 3.63) is 263 Å². The molecule has 9 aromatic carbocycles. The number of aryl methyl sites for hydroxylation is 4. The van der Waals surface area contributed by atoms with Crippen molar-refractivity contribution in [2.75, 3.05) is 9.80 Å². The first kappa shape index (κ1) is 56.6. The number of thiophene rings is 2. The standard InChI is InChI=1S/C48H39N5S2.C28H29NS/c1-30-16-22-36(23-17-30)53(38-26-20-35(21-27-38)48(3,4)5)37-24-18-32(19-25-37)39-28-29-40(54-39)41-46-42(31(2)43-47(41)52-55-51-43)49-44(33-12-8-6-9-13-33)45(50-46)34-14-10-7-11-15-34;1-20-6-13-24(14-7-20)29(26-17-11-23(12-18-26)28(3,4)5)25-15-9-22(10-16-25)27-19-8-21(2)30-27/h6-29H,1-5H3;6-19H,1-5H3. The molecule has 4 heterocycles. The van der Waals surface area contributed by atoms with Gasteiger partial charge in [0.25, 0.3) is 0 Å². The van der Waals surface area contributed by atoms with Crippen molar-refractivity contribution in [3.63, 3.8) is 0 Å². The van der Waals surface area contributed by atoms with E-state index in [0.29, 0.717) is 0 Å². The lowest BCUT2D eigenvalue weighted by atomic mass is 9.87. The minimum absolute atomic E-state index is 0.0862. The lowest BCUT2D eigenvalue weighted by Crippen LogP contribution is -2.13. The van der Waals surface area contributed by atoms with E-state index in [0.717, 1.165) is 83.2 Å². The van der Waals surface area contributed by atoms with E-state index < -0.39 is 0 Å². The van der Waals surface area contributed by atoms with Crippen LogP contribution in [0.1, 0.15) is 74.2 Å². The monoisotopic (exact) mass is 1160 g/mol. The van der Waals surface area contributed by atoms with Gasteiger partial charge < -0.3 is 9.80 Å². The van der Waals surface area contributed by atoms with E-state index in [4.69, 9.17) is 18.7 Å². The summed E-state index contributed by atoms with van der Waals surface area (Å²) in [6.45, 7) is 22.0. The van der Waals surface area contributed by atoms with Crippen LogP contribution in [-0.4, -0.2) is 18.7 Å². The molecule has 0 bridgehead atoms. The van der Waals surface area contributed by atoms with Crippen molar-refractivity contribution in [2.45, 2.75) is 80.1 Å². The summed E-state index contributed by atoms with van der Waals surface area (Å²) in [7, 11) is 0. The second-order valence-corrected chi connectivity index (χ2v) is 26.8. The van der Waals surface area contributed by atoms with Gasteiger partial charge in [-0.3, -0.25) is 0 Å². The van der Waals surface area contributed by atoms with Crippen LogP contribution in [0.5, 0.6) is 0 Å². The molecule has 0 saturated carbocycles. The number of rotatable bonds is 11. The number of hydrogen-bond acceptors (Lipinski definition) is 9.